The predicted octanol–water partition coefficient (Wildman–Crippen LogP) is 5.25. The zero-order valence-electron chi connectivity index (χ0n) is 15.8. The molecule has 0 atom stereocenters. The molecule has 27 heavy (non-hydrogen) atoms. The number of amides is 1. The van der Waals surface area contributed by atoms with Crippen molar-refractivity contribution in [3.05, 3.63) is 58.7 Å². The monoisotopic (exact) mass is 398 g/mol. The van der Waals surface area contributed by atoms with E-state index in [0.717, 1.165) is 37.5 Å². The average molecular weight is 399 g/mol. The van der Waals surface area contributed by atoms with Crippen molar-refractivity contribution in [2.75, 3.05) is 16.4 Å². The Morgan fingerprint density at radius 1 is 1.00 bits per heavy atom. The number of nitrogens with zero attached hydrogens (tertiary/aromatic N) is 2. The van der Waals surface area contributed by atoms with Gasteiger partial charge in [-0.15, -0.1) is 10.2 Å². The Labute approximate surface area is 167 Å². The second-order valence-corrected chi connectivity index (χ2v) is 8.60. The average Bonchev–Trinajstić information content (AvgIpc) is 3.07. The second-order valence-electron chi connectivity index (χ2n) is 6.40. The standard InChI is InChI=1S/C20H22N4OS2/c1-12-8-9-16(10-15(12)4)21-17(25)11-26-20-24-23-19(27-20)22-18-13(2)6-5-7-14(18)3/h5-10H,11H2,1-4H3,(H,21,25)(H,22,23). The first-order valence-electron chi connectivity index (χ1n) is 8.59. The minimum atomic E-state index is -0.0530. The number of aromatic nitrogens is 2. The topological polar surface area (TPSA) is 66.9 Å². The smallest absolute Gasteiger partial charge is 0.234 e. The first-order valence-corrected chi connectivity index (χ1v) is 10.4. The number of hydrogen-bond donors (Lipinski definition) is 2. The van der Waals surface area contributed by atoms with E-state index < -0.39 is 0 Å². The van der Waals surface area contributed by atoms with Gasteiger partial charge in [-0.05, 0) is 62.1 Å². The summed E-state index contributed by atoms with van der Waals surface area (Å²) in [6, 6.07) is 12.1. The molecule has 0 saturated heterocycles. The molecule has 0 saturated carbocycles. The van der Waals surface area contributed by atoms with Gasteiger partial charge in [0.05, 0.1) is 5.75 Å². The van der Waals surface area contributed by atoms with Crippen molar-refractivity contribution in [1.29, 1.82) is 0 Å². The number of thioether (sulfide) groups is 1. The van der Waals surface area contributed by atoms with Crippen molar-refractivity contribution in [1.82, 2.24) is 10.2 Å². The predicted molar refractivity (Wildman–Crippen MR) is 114 cm³/mol. The molecule has 0 aliphatic rings. The second kappa shape index (κ2) is 8.54. The zero-order chi connectivity index (χ0) is 19.4. The van der Waals surface area contributed by atoms with Gasteiger partial charge in [-0.2, -0.15) is 0 Å². The summed E-state index contributed by atoms with van der Waals surface area (Å²) in [7, 11) is 0. The highest BCUT2D eigenvalue weighted by Crippen LogP contribution is 2.30. The van der Waals surface area contributed by atoms with Crippen LogP contribution in [0, 0.1) is 27.7 Å². The Morgan fingerprint density at radius 2 is 1.74 bits per heavy atom. The van der Waals surface area contributed by atoms with Gasteiger partial charge < -0.3 is 10.6 Å². The highest BCUT2D eigenvalue weighted by atomic mass is 32.2. The molecule has 7 heteroatoms. The van der Waals surface area contributed by atoms with Crippen LogP contribution < -0.4 is 10.6 Å². The number of hydrogen-bond acceptors (Lipinski definition) is 6. The number of rotatable bonds is 6. The number of anilines is 3. The molecule has 0 bridgehead atoms. The Kier molecular flexibility index (Phi) is 6.13. The van der Waals surface area contributed by atoms with E-state index in [1.807, 2.05) is 31.2 Å². The maximum Gasteiger partial charge on any atom is 0.234 e. The van der Waals surface area contributed by atoms with E-state index in [2.05, 4.69) is 53.7 Å². The Hall–Kier alpha value is -2.38. The number of carbonyl (C=O) groups is 1. The van der Waals surface area contributed by atoms with E-state index in [0.29, 0.717) is 5.75 Å². The molecular weight excluding hydrogens is 376 g/mol. The fourth-order valence-electron chi connectivity index (χ4n) is 2.58. The SMILES string of the molecule is Cc1ccc(NC(=O)CSc2nnc(Nc3c(C)cccc3C)s2)cc1C. The normalized spacial score (nSPS) is 10.7. The fourth-order valence-corrected chi connectivity index (χ4v) is 4.14. The summed E-state index contributed by atoms with van der Waals surface area (Å²) in [5.41, 5.74) is 6.56. The van der Waals surface area contributed by atoms with Crippen LogP contribution in [0.3, 0.4) is 0 Å². The van der Waals surface area contributed by atoms with Crippen LogP contribution in [0.15, 0.2) is 40.7 Å². The molecule has 0 radical (unpaired) electrons. The molecule has 0 fully saturated rings. The lowest BCUT2D eigenvalue weighted by molar-refractivity contribution is -0.113. The molecular formula is C20H22N4OS2. The van der Waals surface area contributed by atoms with Crippen LogP contribution in [0.25, 0.3) is 0 Å². The number of para-hydroxylation sites is 1. The highest BCUT2D eigenvalue weighted by Gasteiger charge is 2.10. The molecule has 5 nitrogen and oxygen atoms in total. The molecule has 0 aliphatic heterocycles. The van der Waals surface area contributed by atoms with Crippen LogP contribution in [0.2, 0.25) is 0 Å². The summed E-state index contributed by atoms with van der Waals surface area (Å²) in [6.45, 7) is 8.20. The van der Waals surface area contributed by atoms with Crippen molar-refractivity contribution >= 4 is 45.5 Å². The van der Waals surface area contributed by atoms with E-state index in [1.54, 1.807) is 0 Å². The third-order valence-electron chi connectivity index (χ3n) is 4.24. The van der Waals surface area contributed by atoms with Gasteiger partial charge in [0.25, 0.3) is 0 Å². The van der Waals surface area contributed by atoms with Crippen LogP contribution in [0.1, 0.15) is 22.3 Å². The summed E-state index contributed by atoms with van der Waals surface area (Å²) < 4.78 is 0.763. The van der Waals surface area contributed by atoms with Gasteiger partial charge in [0.1, 0.15) is 0 Å². The largest absolute Gasteiger partial charge is 0.330 e. The van der Waals surface area contributed by atoms with E-state index in [-0.39, 0.29) is 5.91 Å². The van der Waals surface area contributed by atoms with E-state index in [9.17, 15) is 4.79 Å². The third kappa shape index (κ3) is 5.08. The lowest BCUT2D eigenvalue weighted by Crippen LogP contribution is -2.14. The van der Waals surface area contributed by atoms with E-state index in [1.165, 1.54) is 28.7 Å². The summed E-state index contributed by atoms with van der Waals surface area (Å²) in [6.07, 6.45) is 0. The van der Waals surface area contributed by atoms with Crippen LogP contribution in [-0.2, 0) is 4.79 Å². The highest BCUT2D eigenvalue weighted by molar-refractivity contribution is 8.01. The van der Waals surface area contributed by atoms with Crippen LogP contribution in [-0.4, -0.2) is 21.9 Å². The van der Waals surface area contributed by atoms with Crippen molar-refractivity contribution in [3.63, 3.8) is 0 Å². The van der Waals surface area contributed by atoms with Crippen molar-refractivity contribution in [3.8, 4) is 0 Å². The van der Waals surface area contributed by atoms with Crippen molar-refractivity contribution in [2.24, 2.45) is 0 Å². The number of carbonyl (C=O) groups excluding carboxylic acids is 1. The van der Waals surface area contributed by atoms with E-state index in [4.69, 9.17) is 0 Å². The first kappa shape index (κ1) is 19.4. The lowest BCUT2D eigenvalue weighted by atomic mass is 10.1. The molecule has 0 spiro atoms. The van der Waals surface area contributed by atoms with Gasteiger partial charge in [0.15, 0.2) is 4.34 Å². The van der Waals surface area contributed by atoms with Crippen molar-refractivity contribution in [2.45, 2.75) is 32.0 Å². The van der Waals surface area contributed by atoms with Gasteiger partial charge >= 0.3 is 0 Å². The Bertz CT molecular complexity index is 948. The molecule has 3 rings (SSSR count). The maximum atomic E-state index is 12.2. The van der Waals surface area contributed by atoms with Gasteiger partial charge in [0, 0.05) is 11.4 Å². The van der Waals surface area contributed by atoms with Gasteiger partial charge in [-0.1, -0.05) is 47.4 Å². The van der Waals surface area contributed by atoms with Crippen molar-refractivity contribution < 1.29 is 4.79 Å². The third-order valence-corrected chi connectivity index (χ3v) is 6.21. The molecule has 2 N–H and O–H groups in total. The van der Waals surface area contributed by atoms with E-state index >= 15 is 0 Å². The first-order chi connectivity index (χ1) is 12.9. The molecule has 0 aliphatic carbocycles. The summed E-state index contributed by atoms with van der Waals surface area (Å²) in [4.78, 5) is 12.2. The fraction of sp³-hybridized carbons (Fsp3) is 0.250. The van der Waals surface area contributed by atoms with Crippen LogP contribution in [0.5, 0.6) is 0 Å². The van der Waals surface area contributed by atoms with Gasteiger partial charge in [-0.25, -0.2) is 0 Å². The molecule has 1 heterocycles. The van der Waals surface area contributed by atoms with Gasteiger partial charge in [-0.3, -0.25) is 4.79 Å². The lowest BCUT2D eigenvalue weighted by Gasteiger charge is -2.09. The molecule has 1 aromatic heterocycles. The summed E-state index contributed by atoms with van der Waals surface area (Å²) in [5, 5.41) is 15.3. The Morgan fingerprint density at radius 3 is 2.44 bits per heavy atom. The molecule has 3 aromatic rings. The molecule has 0 unspecified atom stereocenters. The minimum Gasteiger partial charge on any atom is -0.330 e. The van der Waals surface area contributed by atoms with Crippen LogP contribution >= 0.6 is 23.1 Å². The number of aryl methyl sites for hydroxylation is 4. The zero-order valence-corrected chi connectivity index (χ0v) is 17.4. The number of nitrogens with one attached hydrogen (secondary N) is 2. The molecule has 2 aromatic carbocycles. The number of benzene rings is 2. The minimum absolute atomic E-state index is 0.0530. The molecule has 1 amide bonds. The van der Waals surface area contributed by atoms with Crippen LogP contribution in [0.4, 0.5) is 16.5 Å². The quantitative estimate of drug-likeness (QED) is 0.555. The van der Waals surface area contributed by atoms with Gasteiger partial charge in [0.2, 0.25) is 11.0 Å². The summed E-state index contributed by atoms with van der Waals surface area (Å²) >= 11 is 2.84. The molecule has 140 valence electrons. The summed E-state index contributed by atoms with van der Waals surface area (Å²) in [5.74, 6) is 0.244. The maximum absolute atomic E-state index is 12.2. The Balaban J connectivity index is 1.56.